The van der Waals surface area contributed by atoms with Crippen LogP contribution in [0.2, 0.25) is 0 Å². The van der Waals surface area contributed by atoms with Crippen LogP contribution in [-0.2, 0) is 4.79 Å². The van der Waals surface area contributed by atoms with Gasteiger partial charge < -0.3 is 16.2 Å². The minimum Gasteiger partial charge on any atom is -0.396 e. The molecule has 0 bridgehead atoms. The standard InChI is InChI=1S/C9H20N2O2/c1-7(4-5-12)11-8(13)9(2,3)6-10/h7,12H,4-6,10H2,1-3H3,(H,11,13). The second-order valence-corrected chi connectivity index (χ2v) is 3.97. The van der Waals surface area contributed by atoms with Crippen molar-refractivity contribution in [2.45, 2.75) is 33.2 Å². The number of aliphatic hydroxyl groups is 1. The third kappa shape index (κ3) is 4.24. The number of carbonyl (C=O) groups is 1. The first-order valence-electron chi connectivity index (χ1n) is 4.56. The highest BCUT2D eigenvalue weighted by Crippen LogP contribution is 2.12. The minimum atomic E-state index is -0.524. The Balaban J connectivity index is 3.99. The van der Waals surface area contributed by atoms with Gasteiger partial charge in [-0.25, -0.2) is 0 Å². The minimum absolute atomic E-state index is 0.00308. The largest absolute Gasteiger partial charge is 0.396 e. The molecule has 13 heavy (non-hydrogen) atoms. The summed E-state index contributed by atoms with van der Waals surface area (Å²) in [7, 11) is 0. The predicted molar refractivity (Wildman–Crippen MR) is 52.1 cm³/mol. The van der Waals surface area contributed by atoms with Crippen LogP contribution < -0.4 is 11.1 Å². The first-order valence-corrected chi connectivity index (χ1v) is 4.56. The van der Waals surface area contributed by atoms with Gasteiger partial charge in [-0.3, -0.25) is 4.79 Å². The second kappa shape index (κ2) is 5.19. The zero-order valence-corrected chi connectivity index (χ0v) is 8.63. The molecule has 0 spiro atoms. The molecule has 78 valence electrons. The lowest BCUT2D eigenvalue weighted by Crippen LogP contribution is -2.45. The van der Waals surface area contributed by atoms with E-state index < -0.39 is 5.41 Å². The Morgan fingerprint density at radius 3 is 2.54 bits per heavy atom. The van der Waals surface area contributed by atoms with Gasteiger partial charge >= 0.3 is 0 Å². The molecule has 0 aliphatic rings. The van der Waals surface area contributed by atoms with Crippen molar-refractivity contribution in [1.29, 1.82) is 0 Å². The van der Waals surface area contributed by atoms with E-state index in [2.05, 4.69) is 5.32 Å². The van der Waals surface area contributed by atoms with E-state index in [1.807, 2.05) is 6.92 Å². The average molecular weight is 188 g/mol. The molecule has 0 saturated carbocycles. The molecule has 0 radical (unpaired) electrons. The van der Waals surface area contributed by atoms with E-state index >= 15 is 0 Å². The molecule has 0 heterocycles. The molecule has 0 aliphatic carbocycles. The number of hydrogen-bond donors (Lipinski definition) is 3. The van der Waals surface area contributed by atoms with E-state index in [1.165, 1.54) is 0 Å². The van der Waals surface area contributed by atoms with E-state index in [0.717, 1.165) is 0 Å². The van der Waals surface area contributed by atoms with Gasteiger partial charge in [-0.1, -0.05) is 0 Å². The van der Waals surface area contributed by atoms with Crippen molar-refractivity contribution in [3.8, 4) is 0 Å². The van der Waals surface area contributed by atoms with Crippen LogP contribution in [0.1, 0.15) is 27.2 Å². The van der Waals surface area contributed by atoms with E-state index in [1.54, 1.807) is 13.8 Å². The number of rotatable bonds is 5. The molecule has 0 aromatic carbocycles. The van der Waals surface area contributed by atoms with E-state index in [-0.39, 0.29) is 18.6 Å². The molecule has 0 fully saturated rings. The predicted octanol–water partition coefficient (Wildman–Crippen LogP) is -0.142. The van der Waals surface area contributed by atoms with Crippen molar-refractivity contribution in [3.63, 3.8) is 0 Å². The van der Waals surface area contributed by atoms with E-state index in [9.17, 15) is 4.79 Å². The Labute approximate surface area is 79.5 Å². The molecule has 1 unspecified atom stereocenters. The summed E-state index contributed by atoms with van der Waals surface area (Å²) in [4.78, 5) is 11.5. The van der Waals surface area contributed by atoms with Gasteiger partial charge in [0.15, 0.2) is 0 Å². The van der Waals surface area contributed by atoms with Crippen LogP contribution in [-0.4, -0.2) is 30.2 Å². The second-order valence-electron chi connectivity index (χ2n) is 3.97. The van der Waals surface area contributed by atoms with Crippen LogP contribution in [0.3, 0.4) is 0 Å². The van der Waals surface area contributed by atoms with E-state index in [0.29, 0.717) is 13.0 Å². The lowest BCUT2D eigenvalue weighted by atomic mass is 9.92. The summed E-state index contributed by atoms with van der Waals surface area (Å²) in [6.45, 7) is 5.87. The third-order valence-electron chi connectivity index (χ3n) is 2.06. The molecule has 0 rings (SSSR count). The Morgan fingerprint density at radius 1 is 1.62 bits per heavy atom. The van der Waals surface area contributed by atoms with Crippen LogP contribution in [0.4, 0.5) is 0 Å². The Hall–Kier alpha value is -0.610. The molecule has 4 heteroatoms. The fraction of sp³-hybridized carbons (Fsp3) is 0.889. The monoisotopic (exact) mass is 188 g/mol. The first kappa shape index (κ1) is 12.4. The first-order chi connectivity index (χ1) is 5.94. The van der Waals surface area contributed by atoms with Gasteiger partial charge in [0, 0.05) is 19.2 Å². The highest BCUT2D eigenvalue weighted by molar-refractivity contribution is 5.82. The van der Waals surface area contributed by atoms with Gasteiger partial charge in [0.2, 0.25) is 5.91 Å². The average Bonchev–Trinajstić information content (AvgIpc) is 2.04. The van der Waals surface area contributed by atoms with E-state index in [4.69, 9.17) is 10.8 Å². The summed E-state index contributed by atoms with van der Waals surface area (Å²) in [5.74, 6) is -0.0593. The number of nitrogens with one attached hydrogen (secondary N) is 1. The lowest BCUT2D eigenvalue weighted by Gasteiger charge is -2.24. The Bertz CT molecular complexity index is 169. The number of carbonyl (C=O) groups excluding carboxylic acids is 1. The van der Waals surface area contributed by atoms with Gasteiger partial charge in [-0.15, -0.1) is 0 Å². The normalized spacial score (nSPS) is 13.9. The maximum atomic E-state index is 11.5. The van der Waals surface area contributed by atoms with Crippen molar-refractivity contribution >= 4 is 5.91 Å². The van der Waals surface area contributed by atoms with Crippen molar-refractivity contribution in [3.05, 3.63) is 0 Å². The van der Waals surface area contributed by atoms with Crippen LogP contribution in [0.5, 0.6) is 0 Å². The number of aliphatic hydroxyl groups excluding tert-OH is 1. The van der Waals surface area contributed by atoms with Crippen molar-refractivity contribution in [2.75, 3.05) is 13.2 Å². The smallest absolute Gasteiger partial charge is 0.227 e. The molecule has 4 nitrogen and oxygen atoms in total. The fourth-order valence-electron chi connectivity index (χ4n) is 0.778. The molecule has 0 aromatic rings. The third-order valence-corrected chi connectivity index (χ3v) is 2.06. The van der Waals surface area contributed by atoms with Gasteiger partial charge in [0.05, 0.1) is 5.41 Å². The van der Waals surface area contributed by atoms with Crippen molar-refractivity contribution in [2.24, 2.45) is 11.1 Å². The quantitative estimate of drug-likeness (QED) is 0.562. The van der Waals surface area contributed by atoms with Crippen LogP contribution in [0.15, 0.2) is 0 Å². The molecule has 1 amide bonds. The maximum absolute atomic E-state index is 11.5. The molecule has 0 saturated heterocycles. The molecule has 0 aliphatic heterocycles. The molecule has 4 N–H and O–H groups in total. The lowest BCUT2D eigenvalue weighted by molar-refractivity contribution is -0.129. The summed E-state index contributed by atoms with van der Waals surface area (Å²) >= 11 is 0. The molecule has 1 atom stereocenters. The zero-order valence-electron chi connectivity index (χ0n) is 8.63. The van der Waals surface area contributed by atoms with Crippen molar-refractivity contribution < 1.29 is 9.90 Å². The molecular formula is C9H20N2O2. The Morgan fingerprint density at radius 2 is 2.15 bits per heavy atom. The van der Waals surface area contributed by atoms with Gasteiger partial charge in [-0.2, -0.15) is 0 Å². The SMILES string of the molecule is CC(CCO)NC(=O)C(C)(C)CN. The Kier molecular flexibility index (Phi) is 4.95. The summed E-state index contributed by atoms with van der Waals surface area (Å²) in [6, 6.07) is 0.00308. The highest BCUT2D eigenvalue weighted by atomic mass is 16.3. The summed E-state index contributed by atoms with van der Waals surface area (Å²) < 4.78 is 0. The number of hydrogen-bond acceptors (Lipinski definition) is 3. The number of amides is 1. The maximum Gasteiger partial charge on any atom is 0.227 e. The molecule has 0 aromatic heterocycles. The van der Waals surface area contributed by atoms with Gasteiger partial charge in [0.25, 0.3) is 0 Å². The van der Waals surface area contributed by atoms with Crippen LogP contribution in [0.25, 0.3) is 0 Å². The summed E-state index contributed by atoms with van der Waals surface area (Å²) in [5.41, 5.74) is 4.92. The topological polar surface area (TPSA) is 75.3 Å². The fourth-order valence-corrected chi connectivity index (χ4v) is 0.778. The summed E-state index contributed by atoms with van der Waals surface area (Å²) in [6.07, 6.45) is 0.576. The van der Waals surface area contributed by atoms with Crippen LogP contribution >= 0.6 is 0 Å². The van der Waals surface area contributed by atoms with Gasteiger partial charge in [0.1, 0.15) is 0 Å². The van der Waals surface area contributed by atoms with Gasteiger partial charge in [-0.05, 0) is 27.2 Å². The molecular weight excluding hydrogens is 168 g/mol. The highest BCUT2D eigenvalue weighted by Gasteiger charge is 2.26. The van der Waals surface area contributed by atoms with Crippen molar-refractivity contribution in [1.82, 2.24) is 5.32 Å². The summed E-state index contributed by atoms with van der Waals surface area (Å²) in [5, 5.41) is 11.4. The zero-order chi connectivity index (χ0) is 10.5. The number of nitrogens with two attached hydrogens (primary N) is 1. The van der Waals surface area contributed by atoms with Crippen LogP contribution in [0, 0.1) is 5.41 Å².